The van der Waals surface area contributed by atoms with Gasteiger partial charge in [0.25, 0.3) is 0 Å². The lowest BCUT2D eigenvalue weighted by Crippen LogP contribution is -3.18. The van der Waals surface area contributed by atoms with Crippen LogP contribution in [0.15, 0.2) is 0 Å². The van der Waals surface area contributed by atoms with Gasteiger partial charge < -0.3 is 21.1 Å². The molecule has 0 spiro atoms. The van der Waals surface area contributed by atoms with Gasteiger partial charge in [0.1, 0.15) is 5.54 Å². The van der Waals surface area contributed by atoms with E-state index in [4.69, 9.17) is 15.3 Å². The summed E-state index contributed by atoms with van der Waals surface area (Å²) in [5, 5.41) is 14.8. The third-order valence-corrected chi connectivity index (χ3v) is 5.68. The molecule has 0 atom stereocenters. The van der Waals surface area contributed by atoms with Gasteiger partial charge in [-0.15, -0.1) is 0 Å². The number of quaternary nitrogens is 1. The lowest BCUT2D eigenvalue weighted by molar-refractivity contribution is -0.748. The van der Waals surface area contributed by atoms with Crippen molar-refractivity contribution < 1.29 is 10.8 Å². The van der Waals surface area contributed by atoms with E-state index in [1.807, 2.05) is 0 Å². The molecule has 0 aromatic heterocycles. The Morgan fingerprint density at radius 1 is 1.00 bits per heavy atom. The number of hydrogen-bond acceptors (Lipinski definition) is 3. The highest BCUT2D eigenvalue weighted by Crippen LogP contribution is 3.00. The number of nitrogens with zero attached hydrogens (tertiary/aromatic N) is 1. The zero-order chi connectivity index (χ0) is 9.12. The average Bonchev–Trinajstić information content (AvgIpc) is 2.03. The molecule has 0 saturated heterocycles. The third-order valence-electron chi connectivity index (χ3n) is 5.68. The van der Waals surface area contributed by atoms with Gasteiger partial charge in [0.05, 0.1) is 5.09 Å². The molecule has 6 aliphatic carbocycles. The van der Waals surface area contributed by atoms with Crippen molar-refractivity contribution in [1.29, 1.82) is 0 Å². The van der Waals surface area contributed by atoms with Crippen LogP contribution in [0.5, 0.6) is 0 Å². The predicted molar refractivity (Wildman–Crippen MR) is 40.4 cm³/mol. The minimum atomic E-state index is -1.75. The van der Waals surface area contributed by atoms with Crippen molar-refractivity contribution in [2.75, 3.05) is 0 Å². The van der Waals surface area contributed by atoms with Crippen LogP contribution in [-0.2, 0) is 0 Å². The molecule has 6 rings (SSSR count). The fraction of sp³-hybridized carbons (Fsp3) is 1.00. The van der Waals surface area contributed by atoms with E-state index in [2.05, 4.69) is 5.73 Å². The molecule has 0 heterocycles. The summed E-state index contributed by atoms with van der Waals surface area (Å²) in [6.45, 7) is 0. The lowest BCUT2D eigenvalue weighted by Gasteiger charge is -3.04. The average molecular weight is 182 g/mol. The van der Waals surface area contributed by atoms with E-state index in [0.29, 0.717) is 0 Å². The Bertz CT molecular complexity index is 287. The van der Waals surface area contributed by atoms with Crippen molar-refractivity contribution in [2.45, 2.75) is 5.54 Å². The standard InChI is InChI=1S/C8H9N.NO3/c9-8-5-2-1-3(5)7(8)4(1)6(2)8;2-1(3)4/h1-7H,9H2;/q;-1/p+1. The Kier molecular flexibility index (Phi) is 0.687. The van der Waals surface area contributed by atoms with Crippen molar-refractivity contribution in [3.63, 3.8) is 0 Å². The molecule has 0 bridgehead atoms. The Hall–Kier alpha value is -0.840. The van der Waals surface area contributed by atoms with Gasteiger partial charge in [-0.1, -0.05) is 0 Å². The topological polar surface area (TPSA) is 93.8 Å². The smallest absolute Gasteiger partial charge is 0.105 e. The molecule has 6 aliphatic rings. The lowest BCUT2D eigenvalue weighted by atomic mass is 8.99. The predicted octanol–water partition coefficient (Wildman–Crippen LogP) is -0.891. The SMILES string of the molecule is O=[N+]([O-])[O-].[NH3+]C12C3C4C5C3C1C5C42. The van der Waals surface area contributed by atoms with E-state index in [9.17, 15) is 0 Å². The molecule has 0 aromatic rings. The van der Waals surface area contributed by atoms with Crippen LogP contribution in [0.1, 0.15) is 0 Å². The van der Waals surface area contributed by atoms with E-state index in [0.717, 1.165) is 5.54 Å². The van der Waals surface area contributed by atoms with Crippen LogP contribution in [0.25, 0.3) is 0 Å². The highest BCUT2D eigenvalue weighted by Gasteiger charge is 3.06. The zero-order valence-electron chi connectivity index (χ0n) is 6.92. The molecule has 6 saturated carbocycles. The van der Waals surface area contributed by atoms with Crippen LogP contribution in [0.4, 0.5) is 0 Å². The fourth-order valence-corrected chi connectivity index (χ4v) is 5.67. The quantitative estimate of drug-likeness (QED) is 0.389. The molecule has 0 amide bonds. The molecule has 6 fully saturated rings. The second-order valence-corrected chi connectivity index (χ2v) is 5.22. The fourth-order valence-electron chi connectivity index (χ4n) is 5.67. The van der Waals surface area contributed by atoms with E-state index in [1.165, 1.54) is 41.4 Å². The molecule has 0 unspecified atom stereocenters. The molecule has 0 aromatic carbocycles. The highest BCUT2D eigenvalue weighted by molar-refractivity contribution is 5.51. The Morgan fingerprint density at radius 2 is 1.31 bits per heavy atom. The van der Waals surface area contributed by atoms with Crippen LogP contribution in [0.3, 0.4) is 0 Å². The Labute approximate surface area is 74.0 Å². The molecule has 70 valence electrons. The van der Waals surface area contributed by atoms with Crippen molar-refractivity contribution in [1.82, 2.24) is 0 Å². The van der Waals surface area contributed by atoms with Crippen molar-refractivity contribution in [3.05, 3.63) is 15.3 Å². The van der Waals surface area contributed by atoms with E-state index < -0.39 is 5.09 Å². The maximum absolute atomic E-state index is 8.25. The minimum Gasteiger partial charge on any atom is -0.356 e. The van der Waals surface area contributed by atoms with Crippen LogP contribution in [-0.4, -0.2) is 10.6 Å². The Balaban J connectivity index is 0.000000115. The molecule has 5 nitrogen and oxygen atoms in total. The summed E-state index contributed by atoms with van der Waals surface area (Å²) in [5.74, 6) is 8.49. The van der Waals surface area contributed by atoms with Crippen LogP contribution in [0.2, 0.25) is 0 Å². The first kappa shape index (κ1) is 6.59. The van der Waals surface area contributed by atoms with Crippen molar-refractivity contribution in [3.8, 4) is 0 Å². The van der Waals surface area contributed by atoms with Gasteiger partial charge in [0.15, 0.2) is 0 Å². The summed E-state index contributed by atoms with van der Waals surface area (Å²) in [6, 6.07) is 0. The molecular formula is C8H10N2O3. The van der Waals surface area contributed by atoms with E-state index in [-0.39, 0.29) is 0 Å². The van der Waals surface area contributed by atoms with Gasteiger partial charge in [0.2, 0.25) is 0 Å². The minimum absolute atomic E-state index is 0.717. The number of hydrogen-bond donors (Lipinski definition) is 1. The summed E-state index contributed by atoms with van der Waals surface area (Å²) in [5.41, 5.74) is 5.09. The van der Waals surface area contributed by atoms with Crippen LogP contribution >= 0.6 is 0 Å². The third kappa shape index (κ3) is 0.331. The zero-order valence-corrected chi connectivity index (χ0v) is 6.92. The summed E-state index contributed by atoms with van der Waals surface area (Å²) in [6.07, 6.45) is 0. The molecule has 13 heavy (non-hydrogen) atoms. The maximum atomic E-state index is 8.25. The largest absolute Gasteiger partial charge is 0.356 e. The summed E-state index contributed by atoms with van der Waals surface area (Å²) < 4.78 is 0. The van der Waals surface area contributed by atoms with E-state index in [1.54, 1.807) is 0 Å². The van der Waals surface area contributed by atoms with Gasteiger partial charge in [-0.3, -0.25) is 0 Å². The van der Waals surface area contributed by atoms with Gasteiger partial charge in [-0.25, -0.2) is 0 Å². The first-order valence-corrected chi connectivity index (χ1v) is 4.77. The van der Waals surface area contributed by atoms with Gasteiger partial charge in [-0.05, 0) is 23.7 Å². The number of rotatable bonds is 0. The summed E-state index contributed by atoms with van der Waals surface area (Å²) in [4.78, 5) is 8.25. The molecule has 3 N–H and O–H groups in total. The first-order chi connectivity index (χ1) is 6.10. The van der Waals surface area contributed by atoms with Gasteiger partial charge >= 0.3 is 0 Å². The normalized spacial score (nSPS) is 75.0. The van der Waals surface area contributed by atoms with Crippen molar-refractivity contribution >= 4 is 0 Å². The van der Waals surface area contributed by atoms with Crippen LogP contribution < -0.4 is 5.73 Å². The molecular weight excluding hydrogens is 172 g/mol. The summed E-state index contributed by atoms with van der Waals surface area (Å²) >= 11 is 0. The van der Waals surface area contributed by atoms with Gasteiger partial charge in [-0.2, -0.15) is 0 Å². The molecule has 0 radical (unpaired) electrons. The monoisotopic (exact) mass is 182 g/mol. The van der Waals surface area contributed by atoms with Crippen LogP contribution in [0, 0.1) is 56.7 Å². The first-order valence-electron chi connectivity index (χ1n) is 4.77. The van der Waals surface area contributed by atoms with E-state index >= 15 is 0 Å². The summed E-state index contributed by atoms with van der Waals surface area (Å²) in [7, 11) is 0. The second-order valence-electron chi connectivity index (χ2n) is 5.22. The molecule has 5 heteroatoms. The van der Waals surface area contributed by atoms with Gasteiger partial charge in [0, 0.05) is 17.8 Å². The maximum Gasteiger partial charge on any atom is 0.105 e. The van der Waals surface area contributed by atoms with Crippen molar-refractivity contribution in [2.24, 2.45) is 41.4 Å². The second kappa shape index (κ2) is 1.35. The molecule has 0 aliphatic heterocycles. The highest BCUT2D eigenvalue weighted by atomic mass is 16.9. The Morgan fingerprint density at radius 3 is 1.46 bits per heavy atom.